The van der Waals surface area contributed by atoms with Gasteiger partial charge in [0.1, 0.15) is 6.04 Å². The Bertz CT molecular complexity index is 580. The van der Waals surface area contributed by atoms with Crippen LogP contribution in [0.15, 0.2) is 18.2 Å². The van der Waals surface area contributed by atoms with E-state index in [-0.39, 0.29) is 11.9 Å². The maximum absolute atomic E-state index is 12.9. The van der Waals surface area contributed by atoms with Gasteiger partial charge in [-0.15, -0.1) is 0 Å². The summed E-state index contributed by atoms with van der Waals surface area (Å²) in [7, 11) is 0. The number of rotatable bonds is 3. The number of likely N-dealkylation sites (tertiary alicyclic amines) is 1. The second kappa shape index (κ2) is 7.32. The topological polar surface area (TPSA) is 50.8 Å². The second-order valence-electron chi connectivity index (χ2n) is 6.95. The highest BCUT2D eigenvalue weighted by molar-refractivity contribution is 5.85. The van der Waals surface area contributed by atoms with Crippen molar-refractivity contribution in [1.82, 2.24) is 4.90 Å². The molecule has 2 aliphatic rings. The minimum absolute atomic E-state index is 0.168. The van der Waals surface area contributed by atoms with Crippen LogP contribution in [0.25, 0.3) is 0 Å². The number of fused-ring (bicyclic) bond motifs is 1. The summed E-state index contributed by atoms with van der Waals surface area (Å²) in [4.78, 5) is 14.9. The Morgan fingerprint density at radius 1 is 1.12 bits per heavy atom. The van der Waals surface area contributed by atoms with Gasteiger partial charge in [-0.05, 0) is 52.2 Å². The molecule has 0 aromatic heterocycles. The largest absolute Gasteiger partial charge is 0.490 e. The molecule has 3 rings (SSSR count). The molecule has 24 heavy (non-hydrogen) atoms. The number of carbonyl (C=O) groups excluding carboxylic acids is 1. The van der Waals surface area contributed by atoms with E-state index in [1.54, 1.807) is 0 Å². The molecule has 1 aromatic carbocycles. The van der Waals surface area contributed by atoms with E-state index < -0.39 is 0 Å². The molecule has 1 N–H and O–H groups in total. The lowest BCUT2D eigenvalue weighted by molar-refractivity contribution is -0.137. The fraction of sp³-hybridized carbons (Fsp3) is 0.632. The van der Waals surface area contributed by atoms with Crippen LogP contribution in [0.5, 0.6) is 11.5 Å². The number of anilines is 1. The molecule has 2 aliphatic heterocycles. The van der Waals surface area contributed by atoms with Gasteiger partial charge in [0.2, 0.25) is 5.91 Å². The molecule has 5 nitrogen and oxygen atoms in total. The molecule has 1 amide bonds. The molecule has 3 unspecified atom stereocenters. The average molecular weight is 332 g/mol. The Labute approximate surface area is 144 Å². The fourth-order valence-corrected chi connectivity index (χ4v) is 3.64. The van der Waals surface area contributed by atoms with Crippen LogP contribution in [-0.2, 0) is 4.79 Å². The number of benzene rings is 1. The van der Waals surface area contributed by atoms with Gasteiger partial charge in [0.25, 0.3) is 0 Å². The van der Waals surface area contributed by atoms with Gasteiger partial charge in [0.05, 0.1) is 13.2 Å². The van der Waals surface area contributed by atoms with Crippen molar-refractivity contribution >= 4 is 11.6 Å². The molecule has 2 heterocycles. The standard InChI is InChI=1S/C19H28N2O3/c1-13-6-4-7-14(2)21(13)19(22)15(3)20-16-8-9-17-18(12-16)24-11-5-10-23-17/h8-9,12-15,20H,4-7,10-11H2,1-3H3. The number of nitrogens with zero attached hydrogens (tertiary/aromatic N) is 1. The summed E-state index contributed by atoms with van der Waals surface area (Å²) in [5, 5.41) is 3.32. The van der Waals surface area contributed by atoms with Gasteiger partial charge in [-0.3, -0.25) is 4.79 Å². The van der Waals surface area contributed by atoms with Crippen LogP contribution in [-0.4, -0.2) is 42.1 Å². The number of amides is 1. The lowest BCUT2D eigenvalue weighted by Crippen LogP contribution is -2.52. The molecule has 1 aromatic rings. The third-order valence-corrected chi connectivity index (χ3v) is 4.95. The molecule has 5 heteroatoms. The lowest BCUT2D eigenvalue weighted by Gasteiger charge is -2.40. The van der Waals surface area contributed by atoms with Crippen LogP contribution in [0.3, 0.4) is 0 Å². The predicted octanol–water partition coefficient (Wildman–Crippen LogP) is 3.44. The van der Waals surface area contributed by atoms with Crippen molar-refractivity contribution in [2.24, 2.45) is 0 Å². The van der Waals surface area contributed by atoms with E-state index in [2.05, 4.69) is 19.2 Å². The molecule has 1 fully saturated rings. The van der Waals surface area contributed by atoms with Gasteiger partial charge in [-0.1, -0.05) is 0 Å². The summed E-state index contributed by atoms with van der Waals surface area (Å²) >= 11 is 0. The highest BCUT2D eigenvalue weighted by atomic mass is 16.5. The van der Waals surface area contributed by atoms with Crippen LogP contribution >= 0.6 is 0 Å². The molecule has 3 atom stereocenters. The van der Waals surface area contributed by atoms with Crippen molar-refractivity contribution in [3.05, 3.63) is 18.2 Å². The zero-order valence-electron chi connectivity index (χ0n) is 14.9. The third-order valence-electron chi connectivity index (χ3n) is 4.95. The molecule has 0 spiro atoms. The third kappa shape index (κ3) is 3.60. The summed E-state index contributed by atoms with van der Waals surface area (Å²) in [6, 6.07) is 6.14. The first-order chi connectivity index (χ1) is 11.6. The van der Waals surface area contributed by atoms with Gasteiger partial charge in [-0.2, -0.15) is 0 Å². The summed E-state index contributed by atoms with van der Waals surface area (Å²) in [5.74, 6) is 1.69. The number of nitrogens with one attached hydrogen (secondary N) is 1. The molecule has 0 saturated carbocycles. The van der Waals surface area contributed by atoms with Crippen LogP contribution in [0.4, 0.5) is 5.69 Å². The van der Waals surface area contributed by atoms with E-state index in [1.165, 1.54) is 6.42 Å². The number of hydrogen-bond acceptors (Lipinski definition) is 4. The number of carbonyl (C=O) groups is 1. The van der Waals surface area contributed by atoms with Crippen molar-refractivity contribution < 1.29 is 14.3 Å². The number of hydrogen-bond donors (Lipinski definition) is 1. The molecular formula is C19H28N2O3. The maximum atomic E-state index is 12.9. The minimum Gasteiger partial charge on any atom is -0.490 e. The molecular weight excluding hydrogens is 304 g/mol. The highest BCUT2D eigenvalue weighted by Gasteiger charge is 2.31. The zero-order valence-corrected chi connectivity index (χ0v) is 14.9. The Balaban J connectivity index is 1.69. The Kier molecular flexibility index (Phi) is 5.17. The van der Waals surface area contributed by atoms with Gasteiger partial charge in [0, 0.05) is 30.3 Å². The SMILES string of the molecule is CC(Nc1ccc2c(c1)OCCCO2)C(=O)N1C(C)CCCC1C. The van der Waals surface area contributed by atoms with Crippen LogP contribution < -0.4 is 14.8 Å². The van der Waals surface area contributed by atoms with E-state index in [4.69, 9.17) is 9.47 Å². The predicted molar refractivity (Wildman–Crippen MR) is 94.8 cm³/mol. The van der Waals surface area contributed by atoms with E-state index in [0.29, 0.717) is 25.3 Å². The Morgan fingerprint density at radius 2 is 1.79 bits per heavy atom. The Hall–Kier alpha value is -1.91. The molecule has 0 bridgehead atoms. The van der Waals surface area contributed by atoms with E-state index in [9.17, 15) is 4.79 Å². The van der Waals surface area contributed by atoms with Crippen LogP contribution in [0.2, 0.25) is 0 Å². The van der Waals surface area contributed by atoms with Gasteiger partial charge < -0.3 is 19.7 Å². The van der Waals surface area contributed by atoms with E-state index in [0.717, 1.165) is 36.4 Å². The summed E-state index contributed by atoms with van der Waals surface area (Å²) in [6.07, 6.45) is 4.27. The van der Waals surface area contributed by atoms with Crippen molar-refractivity contribution in [3.8, 4) is 11.5 Å². The van der Waals surface area contributed by atoms with Crippen LogP contribution in [0, 0.1) is 0 Å². The van der Waals surface area contributed by atoms with Crippen molar-refractivity contribution in [3.63, 3.8) is 0 Å². The zero-order chi connectivity index (χ0) is 17.1. The first-order valence-electron chi connectivity index (χ1n) is 9.04. The van der Waals surface area contributed by atoms with Gasteiger partial charge in [0.15, 0.2) is 11.5 Å². The first-order valence-corrected chi connectivity index (χ1v) is 9.04. The molecule has 132 valence electrons. The Morgan fingerprint density at radius 3 is 2.50 bits per heavy atom. The van der Waals surface area contributed by atoms with Crippen molar-refractivity contribution in [2.45, 2.75) is 64.6 Å². The number of piperidine rings is 1. The van der Waals surface area contributed by atoms with E-state index >= 15 is 0 Å². The molecule has 0 radical (unpaired) electrons. The summed E-state index contributed by atoms with van der Waals surface area (Å²) < 4.78 is 11.4. The summed E-state index contributed by atoms with van der Waals surface area (Å²) in [5.41, 5.74) is 0.886. The maximum Gasteiger partial charge on any atom is 0.245 e. The first kappa shape index (κ1) is 16.9. The quantitative estimate of drug-likeness (QED) is 0.921. The van der Waals surface area contributed by atoms with Gasteiger partial charge in [-0.25, -0.2) is 0 Å². The number of ether oxygens (including phenoxy) is 2. The lowest BCUT2D eigenvalue weighted by atomic mass is 9.96. The average Bonchev–Trinajstić information content (AvgIpc) is 2.79. The smallest absolute Gasteiger partial charge is 0.245 e. The fourth-order valence-electron chi connectivity index (χ4n) is 3.64. The van der Waals surface area contributed by atoms with E-state index in [1.807, 2.05) is 30.0 Å². The molecule has 1 saturated heterocycles. The highest BCUT2D eigenvalue weighted by Crippen LogP contribution is 2.32. The van der Waals surface area contributed by atoms with Gasteiger partial charge >= 0.3 is 0 Å². The normalized spacial score (nSPS) is 24.9. The molecule has 0 aliphatic carbocycles. The second-order valence-corrected chi connectivity index (χ2v) is 6.95. The van der Waals surface area contributed by atoms with Crippen LogP contribution in [0.1, 0.15) is 46.5 Å². The minimum atomic E-state index is -0.266. The summed E-state index contributed by atoms with van der Waals surface area (Å²) in [6.45, 7) is 7.56. The monoisotopic (exact) mass is 332 g/mol. The van der Waals surface area contributed by atoms with Crippen molar-refractivity contribution in [2.75, 3.05) is 18.5 Å². The van der Waals surface area contributed by atoms with Crippen molar-refractivity contribution in [1.29, 1.82) is 0 Å².